The number of hydrogen-bond acceptors (Lipinski definition) is 1. The molecule has 0 aliphatic heterocycles. The van der Waals surface area contributed by atoms with Crippen LogP contribution in [0, 0.1) is 17.4 Å². The lowest BCUT2D eigenvalue weighted by molar-refractivity contribution is 0.579. The van der Waals surface area contributed by atoms with Crippen molar-refractivity contribution in [3.63, 3.8) is 0 Å². The third kappa shape index (κ3) is 3.60. The van der Waals surface area contributed by atoms with E-state index in [1.165, 1.54) is 6.20 Å². The number of hydrogen-bond donors (Lipinski definition) is 0. The SMILES string of the molecule is C[Si](C)(C)C#Cc1cc(Br)cnc1F. The van der Waals surface area contributed by atoms with Crippen molar-refractivity contribution in [2.45, 2.75) is 19.6 Å². The fourth-order valence-corrected chi connectivity index (χ4v) is 1.61. The summed E-state index contributed by atoms with van der Waals surface area (Å²) in [4.78, 5) is 3.58. The number of halogens is 2. The van der Waals surface area contributed by atoms with Crippen molar-refractivity contribution < 1.29 is 4.39 Å². The second-order valence-corrected chi connectivity index (χ2v) is 9.66. The monoisotopic (exact) mass is 271 g/mol. The van der Waals surface area contributed by atoms with E-state index in [-0.39, 0.29) is 0 Å². The van der Waals surface area contributed by atoms with Gasteiger partial charge in [0, 0.05) is 10.7 Å². The van der Waals surface area contributed by atoms with Crippen LogP contribution in [0.2, 0.25) is 19.6 Å². The summed E-state index contributed by atoms with van der Waals surface area (Å²) in [6.07, 6.45) is 1.43. The van der Waals surface area contributed by atoms with Crippen LogP contribution in [0.1, 0.15) is 5.56 Å². The molecule has 0 bridgehead atoms. The second kappa shape index (κ2) is 4.24. The fraction of sp³-hybridized carbons (Fsp3) is 0.300. The van der Waals surface area contributed by atoms with Gasteiger partial charge in [-0.25, -0.2) is 4.98 Å². The Morgan fingerprint density at radius 3 is 2.64 bits per heavy atom. The van der Waals surface area contributed by atoms with Crippen LogP contribution in [-0.4, -0.2) is 13.1 Å². The first-order valence-electron chi connectivity index (χ1n) is 4.23. The zero-order chi connectivity index (χ0) is 10.8. The third-order valence-electron chi connectivity index (χ3n) is 1.38. The van der Waals surface area contributed by atoms with Crippen molar-refractivity contribution in [2.75, 3.05) is 0 Å². The van der Waals surface area contributed by atoms with Gasteiger partial charge in [-0.05, 0) is 22.0 Å². The highest BCUT2D eigenvalue weighted by Crippen LogP contribution is 2.12. The molecule has 0 N–H and O–H groups in total. The average molecular weight is 272 g/mol. The standard InChI is InChI=1S/C10H11BrFNSi/c1-14(2,3)5-4-8-6-9(11)7-13-10(8)12/h6-7H,1-3H3. The van der Waals surface area contributed by atoms with Gasteiger partial charge in [0.05, 0.1) is 5.56 Å². The summed E-state index contributed by atoms with van der Waals surface area (Å²) in [6.45, 7) is 6.34. The van der Waals surface area contributed by atoms with Gasteiger partial charge in [-0.1, -0.05) is 25.6 Å². The van der Waals surface area contributed by atoms with Crippen LogP contribution in [0.4, 0.5) is 4.39 Å². The highest BCUT2D eigenvalue weighted by Gasteiger charge is 2.08. The Balaban J connectivity index is 3.06. The minimum Gasteiger partial charge on any atom is -0.226 e. The number of nitrogens with zero attached hydrogens (tertiary/aromatic N) is 1. The Kier molecular flexibility index (Phi) is 3.46. The number of aromatic nitrogens is 1. The van der Waals surface area contributed by atoms with Crippen LogP contribution in [0.5, 0.6) is 0 Å². The first-order chi connectivity index (χ1) is 6.38. The molecular formula is C10H11BrFNSi. The van der Waals surface area contributed by atoms with Crippen molar-refractivity contribution >= 4 is 24.0 Å². The lowest BCUT2D eigenvalue weighted by atomic mass is 10.3. The second-order valence-electron chi connectivity index (χ2n) is 3.99. The van der Waals surface area contributed by atoms with Crippen molar-refractivity contribution in [3.8, 4) is 11.5 Å². The summed E-state index contributed by atoms with van der Waals surface area (Å²) in [5.41, 5.74) is 3.46. The molecule has 0 radical (unpaired) electrons. The molecule has 0 saturated heterocycles. The van der Waals surface area contributed by atoms with Gasteiger partial charge in [0.2, 0.25) is 5.95 Å². The third-order valence-corrected chi connectivity index (χ3v) is 2.69. The molecule has 1 rings (SSSR count). The van der Waals surface area contributed by atoms with Crippen molar-refractivity contribution in [1.29, 1.82) is 0 Å². The molecule has 0 atom stereocenters. The molecule has 1 nitrogen and oxygen atoms in total. The van der Waals surface area contributed by atoms with E-state index in [9.17, 15) is 4.39 Å². The van der Waals surface area contributed by atoms with E-state index >= 15 is 0 Å². The maximum atomic E-state index is 13.1. The first-order valence-corrected chi connectivity index (χ1v) is 8.52. The van der Waals surface area contributed by atoms with E-state index in [1.807, 2.05) is 0 Å². The summed E-state index contributed by atoms with van der Waals surface area (Å²) < 4.78 is 13.9. The molecule has 4 heteroatoms. The molecule has 1 aromatic rings. The molecule has 0 unspecified atom stereocenters. The minimum absolute atomic E-state index is 0.363. The van der Waals surface area contributed by atoms with Gasteiger partial charge < -0.3 is 0 Å². The van der Waals surface area contributed by atoms with Gasteiger partial charge in [-0.3, -0.25) is 0 Å². The Hall–Kier alpha value is -0.663. The van der Waals surface area contributed by atoms with Gasteiger partial charge in [0.15, 0.2) is 0 Å². The van der Waals surface area contributed by atoms with E-state index in [1.54, 1.807) is 6.07 Å². The van der Waals surface area contributed by atoms with Crippen LogP contribution in [0.3, 0.4) is 0 Å². The van der Waals surface area contributed by atoms with Crippen LogP contribution in [0.25, 0.3) is 0 Å². The van der Waals surface area contributed by atoms with Gasteiger partial charge in [0.1, 0.15) is 8.07 Å². The first kappa shape index (κ1) is 11.4. The minimum atomic E-state index is -1.45. The van der Waals surface area contributed by atoms with Crippen molar-refractivity contribution in [2.24, 2.45) is 0 Å². The smallest absolute Gasteiger partial charge is 0.226 e. The molecule has 0 aliphatic rings. The molecule has 1 aromatic heterocycles. The van der Waals surface area contributed by atoms with Gasteiger partial charge >= 0.3 is 0 Å². The number of rotatable bonds is 0. The largest absolute Gasteiger partial charge is 0.228 e. The molecule has 0 amide bonds. The van der Waals surface area contributed by atoms with Gasteiger partial charge in [0.25, 0.3) is 0 Å². The zero-order valence-corrected chi connectivity index (χ0v) is 10.9. The Morgan fingerprint density at radius 1 is 1.43 bits per heavy atom. The lowest BCUT2D eigenvalue weighted by Gasteiger charge is -2.03. The molecular weight excluding hydrogens is 261 g/mol. The number of pyridine rings is 1. The Morgan fingerprint density at radius 2 is 2.07 bits per heavy atom. The molecule has 0 saturated carbocycles. The van der Waals surface area contributed by atoms with E-state index in [0.29, 0.717) is 5.56 Å². The van der Waals surface area contributed by atoms with E-state index in [4.69, 9.17) is 0 Å². The van der Waals surface area contributed by atoms with Crippen molar-refractivity contribution in [3.05, 3.63) is 28.2 Å². The highest BCUT2D eigenvalue weighted by atomic mass is 79.9. The zero-order valence-electron chi connectivity index (χ0n) is 8.36. The van der Waals surface area contributed by atoms with Crippen LogP contribution >= 0.6 is 15.9 Å². The predicted molar refractivity (Wildman–Crippen MR) is 62.1 cm³/mol. The molecule has 1 heterocycles. The Bertz CT molecular complexity index is 401. The summed E-state index contributed by atoms with van der Waals surface area (Å²) in [5, 5.41) is 0. The quantitative estimate of drug-likeness (QED) is 0.401. The maximum absolute atomic E-state index is 13.1. The lowest BCUT2D eigenvalue weighted by Crippen LogP contribution is -2.16. The average Bonchev–Trinajstić information content (AvgIpc) is 2.05. The van der Waals surface area contributed by atoms with Gasteiger partial charge in [-0.15, -0.1) is 5.54 Å². The molecule has 0 aliphatic carbocycles. The maximum Gasteiger partial charge on any atom is 0.228 e. The van der Waals surface area contributed by atoms with Crippen LogP contribution in [0.15, 0.2) is 16.7 Å². The normalized spacial score (nSPS) is 10.6. The fourth-order valence-electron chi connectivity index (χ4n) is 0.765. The summed E-state index contributed by atoms with van der Waals surface area (Å²) in [5.74, 6) is 2.34. The Labute approximate surface area is 92.9 Å². The molecule has 0 spiro atoms. The topological polar surface area (TPSA) is 12.9 Å². The van der Waals surface area contributed by atoms with Crippen molar-refractivity contribution in [1.82, 2.24) is 4.98 Å². The molecule has 0 aromatic carbocycles. The summed E-state index contributed by atoms with van der Waals surface area (Å²) >= 11 is 3.23. The van der Waals surface area contributed by atoms with Crippen LogP contribution in [-0.2, 0) is 0 Å². The van der Waals surface area contributed by atoms with Gasteiger partial charge in [-0.2, -0.15) is 4.39 Å². The van der Waals surface area contributed by atoms with E-state index in [2.05, 4.69) is 52.0 Å². The highest BCUT2D eigenvalue weighted by molar-refractivity contribution is 9.10. The molecule has 74 valence electrons. The van der Waals surface area contributed by atoms with E-state index in [0.717, 1.165) is 4.47 Å². The molecule has 14 heavy (non-hydrogen) atoms. The van der Waals surface area contributed by atoms with E-state index < -0.39 is 14.0 Å². The summed E-state index contributed by atoms with van der Waals surface area (Å²) in [6, 6.07) is 1.65. The molecule has 0 fully saturated rings. The predicted octanol–water partition coefficient (Wildman–Crippen LogP) is 3.21. The van der Waals surface area contributed by atoms with Crippen LogP contribution < -0.4 is 0 Å². The summed E-state index contributed by atoms with van der Waals surface area (Å²) in [7, 11) is -1.45.